The molecule has 0 aromatic heterocycles. The summed E-state index contributed by atoms with van der Waals surface area (Å²) in [5, 5.41) is 0. The first-order chi connectivity index (χ1) is 19.4. The van der Waals surface area contributed by atoms with Crippen molar-refractivity contribution in [3.05, 3.63) is 24.3 Å². The quantitative estimate of drug-likeness (QED) is 0.0473. The van der Waals surface area contributed by atoms with Gasteiger partial charge in [0, 0.05) is 26.1 Å². The van der Waals surface area contributed by atoms with Gasteiger partial charge < -0.3 is 18.9 Å². The van der Waals surface area contributed by atoms with E-state index < -0.39 is 0 Å². The molecular formula is C34H62O6. The summed E-state index contributed by atoms with van der Waals surface area (Å²) in [5.41, 5.74) is 2.16. The smallest absolute Gasteiger partial charge is 0.305 e. The summed E-state index contributed by atoms with van der Waals surface area (Å²) in [5.74, 6) is -0.309. The van der Waals surface area contributed by atoms with Crippen LogP contribution in [0.5, 0.6) is 0 Å². The van der Waals surface area contributed by atoms with Crippen LogP contribution in [0.2, 0.25) is 0 Å². The Hall–Kier alpha value is -1.66. The third kappa shape index (κ3) is 32.6. The highest BCUT2D eigenvalue weighted by Crippen LogP contribution is 2.11. The van der Waals surface area contributed by atoms with E-state index >= 15 is 0 Å². The van der Waals surface area contributed by atoms with Crippen molar-refractivity contribution in [2.75, 3.05) is 39.6 Å². The van der Waals surface area contributed by atoms with E-state index in [2.05, 4.69) is 13.2 Å². The Labute approximate surface area is 246 Å². The van der Waals surface area contributed by atoms with Crippen molar-refractivity contribution in [1.29, 1.82) is 0 Å². The van der Waals surface area contributed by atoms with Gasteiger partial charge in [0.15, 0.2) is 0 Å². The molecule has 0 aliphatic rings. The number of carbonyl (C=O) groups is 2. The van der Waals surface area contributed by atoms with Gasteiger partial charge in [0.1, 0.15) is 0 Å². The third-order valence-electron chi connectivity index (χ3n) is 6.60. The van der Waals surface area contributed by atoms with Crippen LogP contribution in [0.25, 0.3) is 0 Å². The Bertz CT molecular complexity index is 576. The van der Waals surface area contributed by atoms with E-state index in [1.165, 1.54) is 64.2 Å². The number of hydrogen-bond donors (Lipinski definition) is 0. The number of rotatable bonds is 31. The fourth-order valence-electron chi connectivity index (χ4n) is 4.28. The van der Waals surface area contributed by atoms with Crippen molar-refractivity contribution >= 4 is 11.9 Å². The van der Waals surface area contributed by atoms with E-state index in [1.807, 2.05) is 13.8 Å². The van der Waals surface area contributed by atoms with Crippen molar-refractivity contribution in [2.24, 2.45) is 0 Å². The Balaban J connectivity index is 3.29. The van der Waals surface area contributed by atoms with E-state index in [4.69, 9.17) is 18.9 Å². The first kappa shape index (κ1) is 38.3. The second-order valence-electron chi connectivity index (χ2n) is 11.3. The standard InChI is InChI=1S/C34H62O6/c1-31(2)29-37-25-19-13-9-5-7-11-15-21-27-39-33(35)23-17-18-24-34(36)40-28-22-16-12-8-6-10-14-20-26-38-30-32(3)4/h1,3,5-30H2,2,4H3. The van der Waals surface area contributed by atoms with Crippen LogP contribution in [-0.4, -0.2) is 51.6 Å². The lowest BCUT2D eigenvalue weighted by Crippen LogP contribution is -2.08. The molecule has 0 rings (SSSR count). The summed E-state index contributed by atoms with van der Waals surface area (Å²) in [7, 11) is 0. The van der Waals surface area contributed by atoms with Crippen molar-refractivity contribution < 1.29 is 28.5 Å². The van der Waals surface area contributed by atoms with Gasteiger partial charge in [-0.2, -0.15) is 0 Å². The molecule has 40 heavy (non-hydrogen) atoms. The molecule has 0 atom stereocenters. The predicted molar refractivity (Wildman–Crippen MR) is 166 cm³/mol. The topological polar surface area (TPSA) is 71.1 Å². The SMILES string of the molecule is C=C(C)COCCCCCCCCCCOC(=O)CCCCC(=O)OCCCCCCCCCCOCC(=C)C. The molecule has 6 nitrogen and oxygen atoms in total. The maximum Gasteiger partial charge on any atom is 0.305 e. The van der Waals surface area contributed by atoms with Gasteiger partial charge in [0.25, 0.3) is 0 Å². The number of esters is 2. The number of hydrogen-bond acceptors (Lipinski definition) is 6. The van der Waals surface area contributed by atoms with Gasteiger partial charge in [0.2, 0.25) is 0 Å². The molecule has 0 aliphatic carbocycles. The normalized spacial score (nSPS) is 10.9. The average molecular weight is 567 g/mol. The molecule has 0 fully saturated rings. The minimum absolute atomic E-state index is 0.154. The van der Waals surface area contributed by atoms with Crippen LogP contribution < -0.4 is 0 Å². The first-order valence-corrected chi connectivity index (χ1v) is 16.2. The first-order valence-electron chi connectivity index (χ1n) is 16.2. The van der Waals surface area contributed by atoms with Gasteiger partial charge in [-0.15, -0.1) is 0 Å². The Kier molecular flexibility index (Phi) is 29.0. The van der Waals surface area contributed by atoms with E-state index in [0.29, 0.717) is 52.1 Å². The molecule has 6 heteroatoms. The van der Waals surface area contributed by atoms with Crippen molar-refractivity contribution in [2.45, 2.75) is 142 Å². The van der Waals surface area contributed by atoms with Crippen molar-refractivity contribution in [3.63, 3.8) is 0 Å². The van der Waals surface area contributed by atoms with Crippen molar-refractivity contribution in [1.82, 2.24) is 0 Å². The lowest BCUT2D eigenvalue weighted by molar-refractivity contribution is -0.146. The molecule has 0 radical (unpaired) electrons. The summed E-state index contributed by atoms with van der Waals surface area (Å²) in [6.07, 6.45) is 20.8. The summed E-state index contributed by atoms with van der Waals surface area (Å²) in [4.78, 5) is 23.7. The number of ether oxygens (including phenoxy) is 4. The summed E-state index contributed by atoms with van der Waals surface area (Å²) in [6, 6.07) is 0. The molecule has 0 aromatic carbocycles. The highest BCUT2D eigenvalue weighted by molar-refractivity contribution is 5.70. The van der Waals surface area contributed by atoms with E-state index in [1.54, 1.807) is 0 Å². The van der Waals surface area contributed by atoms with Gasteiger partial charge in [-0.3, -0.25) is 9.59 Å². The molecule has 0 aromatic rings. The fourth-order valence-corrected chi connectivity index (χ4v) is 4.28. The molecule has 0 unspecified atom stereocenters. The minimum Gasteiger partial charge on any atom is -0.466 e. The molecule has 0 heterocycles. The number of carbonyl (C=O) groups excluding carboxylic acids is 2. The van der Waals surface area contributed by atoms with E-state index in [0.717, 1.165) is 62.9 Å². The average Bonchev–Trinajstić information content (AvgIpc) is 2.91. The minimum atomic E-state index is -0.154. The zero-order valence-corrected chi connectivity index (χ0v) is 26.2. The van der Waals surface area contributed by atoms with Crippen LogP contribution in [0.15, 0.2) is 24.3 Å². The Morgan fingerprint density at radius 2 is 0.700 bits per heavy atom. The largest absolute Gasteiger partial charge is 0.466 e. The van der Waals surface area contributed by atoms with Crippen LogP contribution in [0, 0.1) is 0 Å². The maximum atomic E-state index is 11.9. The maximum absolute atomic E-state index is 11.9. The second-order valence-corrected chi connectivity index (χ2v) is 11.3. The molecule has 0 saturated carbocycles. The summed E-state index contributed by atoms with van der Waals surface area (Å²) in [6.45, 7) is 15.7. The second kappa shape index (κ2) is 30.3. The fraction of sp³-hybridized carbons (Fsp3) is 0.824. The third-order valence-corrected chi connectivity index (χ3v) is 6.60. The van der Waals surface area contributed by atoms with Gasteiger partial charge in [0.05, 0.1) is 26.4 Å². The lowest BCUT2D eigenvalue weighted by Gasteiger charge is -2.06. The van der Waals surface area contributed by atoms with Crippen LogP contribution >= 0.6 is 0 Å². The molecule has 0 bridgehead atoms. The molecule has 0 saturated heterocycles. The number of unbranched alkanes of at least 4 members (excludes halogenated alkanes) is 15. The predicted octanol–water partition coefficient (Wildman–Crippen LogP) is 9.06. The van der Waals surface area contributed by atoms with Crippen LogP contribution in [-0.2, 0) is 28.5 Å². The van der Waals surface area contributed by atoms with Gasteiger partial charge >= 0.3 is 11.9 Å². The summed E-state index contributed by atoms with van der Waals surface area (Å²) >= 11 is 0. The van der Waals surface area contributed by atoms with Crippen LogP contribution in [0.4, 0.5) is 0 Å². The Morgan fingerprint density at radius 1 is 0.425 bits per heavy atom. The highest BCUT2D eigenvalue weighted by atomic mass is 16.5. The zero-order valence-electron chi connectivity index (χ0n) is 26.2. The molecule has 0 N–H and O–H groups in total. The molecule has 0 amide bonds. The monoisotopic (exact) mass is 566 g/mol. The van der Waals surface area contributed by atoms with Crippen LogP contribution in [0.3, 0.4) is 0 Å². The molecular weight excluding hydrogens is 504 g/mol. The van der Waals surface area contributed by atoms with Gasteiger partial charge in [-0.25, -0.2) is 0 Å². The van der Waals surface area contributed by atoms with Gasteiger partial charge in [-0.1, -0.05) is 101 Å². The van der Waals surface area contributed by atoms with E-state index in [-0.39, 0.29) is 11.9 Å². The summed E-state index contributed by atoms with van der Waals surface area (Å²) < 4.78 is 21.7. The lowest BCUT2D eigenvalue weighted by atomic mass is 10.1. The molecule has 234 valence electrons. The highest BCUT2D eigenvalue weighted by Gasteiger charge is 2.06. The molecule has 0 aliphatic heterocycles. The van der Waals surface area contributed by atoms with Gasteiger partial charge in [-0.05, 0) is 52.4 Å². The van der Waals surface area contributed by atoms with E-state index in [9.17, 15) is 9.59 Å². The Morgan fingerprint density at radius 3 is 1.00 bits per heavy atom. The van der Waals surface area contributed by atoms with Crippen LogP contribution in [0.1, 0.15) is 142 Å². The molecule has 0 spiro atoms. The van der Waals surface area contributed by atoms with Crippen molar-refractivity contribution in [3.8, 4) is 0 Å². The zero-order chi connectivity index (χ0) is 29.5.